The second-order valence-electron chi connectivity index (χ2n) is 8.33. The molecule has 5 rings (SSSR count). The van der Waals surface area contributed by atoms with Crippen LogP contribution in [0.4, 0.5) is 11.4 Å². The minimum absolute atomic E-state index is 0.0415. The fraction of sp³-hybridized carbons (Fsp3) is 0.435. The Hall–Kier alpha value is -2.78. The van der Waals surface area contributed by atoms with Crippen molar-refractivity contribution in [1.82, 2.24) is 15.2 Å². The third kappa shape index (κ3) is 4.15. The molecule has 0 radical (unpaired) electrons. The van der Waals surface area contributed by atoms with Crippen LogP contribution in [0.3, 0.4) is 0 Å². The Morgan fingerprint density at radius 1 is 1.24 bits per heavy atom. The summed E-state index contributed by atoms with van der Waals surface area (Å²) in [5.74, 6) is 1.10. The van der Waals surface area contributed by atoms with E-state index in [4.69, 9.17) is 11.6 Å². The number of fused-ring (bicyclic) bond motifs is 3. The van der Waals surface area contributed by atoms with Crippen molar-refractivity contribution in [2.75, 3.05) is 42.5 Å². The first kappa shape index (κ1) is 22.0. The Morgan fingerprint density at radius 2 is 2.06 bits per heavy atom. The largest absolute Gasteiger partial charge is 0.368 e. The van der Waals surface area contributed by atoms with Gasteiger partial charge >= 0.3 is 0 Å². The molecule has 0 spiro atoms. The van der Waals surface area contributed by atoms with E-state index in [2.05, 4.69) is 26.4 Å². The van der Waals surface area contributed by atoms with Crippen LogP contribution in [0.25, 0.3) is 0 Å². The first-order chi connectivity index (χ1) is 16.1. The molecule has 1 unspecified atom stereocenters. The number of carbonyl (C=O) groups is 2. The Labute approximate surface area is 202 Å². The molecule has 1 atom stereocenters. The van der Waals surface area contributed by atoms with Gasteiger partial charge in [0, 0.05) is 56.3 Å². The molecule has 3 aliphatic rings. The summed E-state index contributed by atoms with van der Waals surface area (Å²) in [7, 11) is 0. The number of anilines is 2. The highest BCUT2D eigenvalue weighted by Gasteiger charge is 2.42. The van der Waals surface area contributed by atoms with Gasteiger partial charge in [-0.2, -0.15) is 5.10 Å². The summed E-state index contributed by atoms with van der Waals surface area (Å²) in [6.45, 7) is 5.62. The number of amides is 2. The summed E-state index contributed by atoms with van der Waals surface area (Å²) in [4.78, 5) is 34.4. The number of rotatable bonds is 6. The zero-order valence-electron chi connectivity index (χ0n) is 18.5. The van der Waals surface area contributed by atoms with Crippen LogP contribution >= 0.6 is 22.9 Å². The average molecular weight is 487 g/mol. The molecule has 0 aliphatic carbocycles. The molecule has 33 heavy (non-hydrogen) atoms. The summed E-state index contributed by atoms with van der Waals surface area (Å²) in [6, 6.07) is 9.83. The van der Waals surface area contributed by atoms with Crippen LogP contribution in [-0.4, -0.2) is 66.5 Å². The van der Waals surface area contributed by atoms with Gasteiger partial charge in [-0.05, 0) is 43.0 Å². The van der Waals surface area contributed by atoms with E-state index in [0.717, 1.165) is 46.6 Å². The summed E-state index contributed by atoms with van der Waals surface area (Å²) in [5.41, 5.74) is 5.12. The number of piperazine rings is 1. The van der Waals surface area contributed by atoms with Crippen LogP contribution in [0.1, 0.15) is 35.9 Å². The standard InChI is InChI=1S/C23H27ClN6O2S/c1-2-29-22(32)21-18(9-14-33-21)30-19(25-26-23(29)30)7-4-8-20(31)28-12-10-27(11-13-28)17-6-3-5-16(24)15-17/h3,5-6,9,14-15,23,26H,2,4,7-8,10-13H2,1H3. The number of halogens is 1. The highest BCUT2D eigenvalue weighted by molar-refractivity contribution is 7.12. The molecule has 2 amide bonds. The summed E-state index contributed by atoms with van der Waals surface area (Å²) >= 11 is 7.58. The van der Waals surface area contributed by atoms with E-state index in [1.807, 2.05) is 41.5 Å². The van der Waals surface area contributed by atoms with Crippen LogP contribution in [-0.2, 0) is 4.79 Å². The van der Waals surface area contributed by atoms with Crippen molar-refractivity contribution in [3.05, 3.63) is 45.6 Å². The first-order valence-corrected chi connectivity index (χ1v) is 12.6. The molecule has 4 heterocycles. The number of thiophene rings is 1. The van der Waals surface area contributed by atoms with Crippen molar-refractivity contribution in [3.8, 4) is 0 Å². The number of nitrogens with zero attached hydrogens (tertiary/aromatic N) is 5. The second kappa shape index (κ2) is 9.23. The third-order valence-electron chi connectivity index (χ3n) is 6.42. The normalized spacial score (nSPS) is 19.9. The first-order valence-electron chi connectivity index (χ1n) is 11.3. The maximum Gasteiger partial charge on any atom is 0.269 e. The molecular formula is C23H27ClN6O2S. The summed E-state index contributed by atoms with van der Waals surface area (Å²) in [6.07, 6.45) is 1.60. The minimum Gasteiger partial charge on any atom is -0.368 e. The molecule has 174 valence electrons. The van der Waals surface area contributed by atoms with Gasteiger partial charge in [-0.25, -0.2) is 0 Å². The van der Waals surface area contributed by atoms with Crippen molar-refractivity contribution in [3.63, 3.8) is 0 Å². The molecular weight excluding hydrogens is 460 g/mol. The Balaban J connectivity index is 1.14. The van der Waals surface area contributed by atoms with Crippen molar-refractivity contribution in [1.29, 1.82) is 0 Å². The van der Waals surface area contributed by atoms with E-state index in [9.17, 15) is 9.59 Å². The van der Waals surface area contributed by atoms with Crippen molar-refractivity contribution < 1.29 is 9.59 Å². The monoisotopic (exact) mass is 486 g/mol. The molecule has 1 fully saturated rings. The van der Waals surface area contributed by atoms with Crippen LogP contribution in [0.5, 0.6) is 0 Å². The highest BCUT2D eigenvalue weighted by Crippen LogP contribution is 2.36. The lowest BCUT2D eigenvalue weighted by atomic mass is 10.1. The lowest BCUT2D eigenvalue weighted by molar-refractivity contribution is -0.131. The zero-order valence-corrected chi connectivity index (χ0v) is 20.1. The van der Waals surface area contributed by atoms with Crippen molar-refractivity contribution in [2.24, 2.45) is 5.10 Å². The van der Waals surface area contributed by atoms with Crippen LogP contribution in [0.15, 0.2) is 40.8 Å². The predicted octanol–water partition coefficient (Wildman–Crippen LogP) is 3.40. The minimum atomic E-state index is -0.283. The van der Waals surface area contributed by atoms with E-state index >= 15 is 0 Å². The zero-order chi connectivity index (χ0) is 22.9. The lowest BCUT2D eigenvalue weighted by Crippen LogP contribution is -2.58. The van der Waals surface area contributed by atoms with Crippen molar-refractivity contribution >= 4 is 52.0 Å². The van der Waals surface area contributed by atoms with Gasteiger partial charge in [-0.3, -0.25) is 24.8 Å². The molecule has 2 aromatic rings. The van der Waals surface area contributed by atoms with E-state index in [-0.39, 0.29) is 18.1 Å². The molecule has 1 aromatic heterocycles. The summed E-state index contributed by atoms with van der Waals surface area (Å²) < 4.78 is 0. The van der Waals surface area contributed by atoms with Crippen LogP contribution in [0, 0.1) is 0 Å². The number of nitrogens with one attached hydrogen (secondary N) is 1. The van der Waals surface area contributed by atoms with Gasteiger partial charge in [-0.15, -0.1) is 11.3 Å². The smallest absolute Gasteiger partial charge is 0.269 e. The molecule has 3 aliphatic heterocycles. The maximum absolute atomic E-state index is 12.8. The van der Waals surface area contributed by atoms with E-state index in [1.54, 1.807) is 4.90 Å². The number of hydrazone groups is 1. The van der Waals surface area contributed by atoms with Gasteiger partial charge in [0.05, 0.1) is 5.69 Å². The molecule has 0 bridgehead atoms. The number of benzene rings is 1. The van der Waals surface area contributed by atoms with Gasteiger partial charge in [-0.1, -0.05) is 17.7 Å². The topological polar surface area (TPSA) is 71.5 Å². The Bertz CT molecular complexity index is 1080. The van der Waals surface area contributed by atoms with Gasteiger partial charge < -0.3 is 9.80 Å². The second-order valence-corrected chi connectivity index (χ2v) is 9.68. The van der Waals surface area contributed by atoms with Crippen molar-refractivity contribution in [2.45, 2.75) is 32.5 Å². The number of amidine groups is 1. The number of hydrogen-bond donors (Lipinski definition) is 1. The van der Waals surface area contributed by atoms with Gasteiger partial charge in [0.25, 0.3) is 5.91 Å². The molecule has 1 aromatic carbocycles. The predicted molar refractivity (Wildman–Crippen MR) is 132 cm³/mol. The molecule has 8 nitrogen and oxygen atoms in total. The quantitative estimate of drug-likeness (QED) is 0.677. The summed E-state index contributed by atoms with van der Waals surface area (Å²) in [5, 5.41) is 7.19. The fourth-order valence-electron chi connectivity index (χ4n) is 4.69. The molecule has 10 heteroatoms. The van der Waals surface area contributed by atoms with E-state index in [0.29, 0.717) is 32.5 Å². The average Bonchev–Trinajstić information content (AvgIpc) is 3.47. The van der Waals surface area contributed by atoms with E-state index < -0.39 is 0 Å². The van der Waals surface area contributed by atoms with Gasteiger partial charge in [0.2, 0.25) is 12.2 Å². The lowest BCUT2D eigenvalue weighted by Gasteiger charge is -2.39. The van der Waals surface area contributed by atoms with Crippen LogP contribution < -0.4 is 15.2 Å². The van der Waals surface area contributed by atoms with Gasteiger partial charge in [0.15, 0.2) is 0 Å². The highest BCUT2D eigenvalue weighted by atomic mass is 35.5. The van der Waals surface area contributed by atoms with E-state index in [1.165, 1.54) is 11.3 Å². The molecule has 0 saturated carbocycles. The van der Waals surface area contributed by atoms with Gasteiger partial charge in [0.1, 0.15) is 10.7 Å². The maximum atomic E-state index is 12.8. The number of carbonyl (C=O) groups excluding carboxylic acids is 2. The third-order valence-corrected chi connectivity index (χ3v) is 7.55. The molecule has 1 N–H and O–H groups in total. The fourth-order valence-corrected chi connectivity index (χ4v) is 5.72. The SMILES string of the molecule is CCN1C(=O)c2sccc2N2C(CCCC(=O)N3CCN(c4cccc(Cl)c4)CC3)=NNC12. The number of hydrogen-bond acceptors (Lipinski definition) is 7. The Kier molecular flexibility index (Phi) is 6.16. The van der Waals surface area contributed by atoms with Crippen LogP contribution in [0.2, 0.25) is 5.02 Å². The Morgan fingerprint density at radius 3 is 2.82 bits per heavy atom. The molecule has 1 saturated heterocycles.